The lowest BCUT2D eigenvalue weighted by atomic mass is 10.0. The quantitative estimate of drug-likeness (QED) is 0.839. The Balaban J connectivity index is 1.99. The Morgan fingerprint density at radius 2 is 2.33 bits per heavy atom. The number of thiophene rings is 1. The summed E-state index contributed by atoms with van der Waals surface area (Å²) in [5, 5.41) is 16.0. The van der Waals surface area contributed by atoms with Gasteiger partial charge in [0.05, 0.1) is 19.3 Å². The second-order valence-electron chi connectivity index (χ2n) is 5.03. The predicted molar refractivity (Wildman–Crippen MR) is 79.3 cm³/mol. The Hall–Kier alpha value is -1.60. The first-order valence-electron chi connectivity index (χ1n) is 6.99. The van der Waals surface area contributed by atoms with Crippen LogP contribution in [0.15, 0.2) is 16.8 Å². The lowest BCUT2D eigenvalue weighted by Gasteiger charge is -2.30. The van der Waals surface area contributed by atoms with E-state index in [0.717, 1.165) is 12.0 Å². The average Bonchev–Trinajstić information content (AvgIpc) is 3.12. The maximum Gasteiger partial charge on any atom is 0.318 e. The zero-order valence-corrected chi connectivity index (χ0v) is 12.8. The molecule has 2 N–H and O–H groups in total. The third kappa shape index (κ3) is 3.95. The first kappa shape index (κ1) is 15.8. The number of hydrogen-bond donors (Lipinski definition) is 2. The van der Waals surface area contributed by atoms with Crippen molar-refractivity contribution in [1.82, 2.24) is 10.2 Å². The van der Waals surface area contributed by atoms with E-state index in [1.807, 2.05) is 23.8 Å². The smallest absolute Gasteiger partial charge is 0.318 e. The van der Waals surface area contributed by atoms with Crippen LogP contribution in [0.4, 0.5) is 4.79 Å². The molecule has 2 unspecified atom stereocenters. The second-order valence-corrected chi connectivity index (χ2v) is 5.81. The molecule has 2 heterocycles. The van der Waals surface area contributed by atoms with Crippen LogP contribution >= 0.6 is 11.3 Å². The average molecular weight is 312 g/mol. The summed E-state index contributed by atoms with van der Waals surface area (Å²) in [6.07, 6.45) is 0.773. The van der Waals surface area contributed by atoms with Crippen molar-refractivity contribution in [2.75, 3.05) is 19.8 Å². The standard InChI is InChI=1S/C14H20N2O4S/c1-2-4-16(12-8-20-7-11(12)13(17)18)14(19)15-6-10-3-5-21-9-10/h3,5,9,11-12H,2,4,6-8H2,1H3,(H,15,19)(H,17,18). The van der Waals surface area contributed by atoms with Gasteiger partial charge in [-0.25, -0.2) is 4.79 Å². The Labute approximate surface area is 127 Å². The van der Waals surface area contributed by atoms with E-state index in [2.05, 4.69) is 5.32 Å². The van der Waals surface area contributed by atoms with Gasteiger partial charge in [0, 0.05) is 13.1 Å². The van der Waals surface area contributed by atoms with Crippen LogP contribution in [0.1, 0.15) is 18.9 Å². The summed E-state index contributed by atoms with van der Waals surface area (Å²) in [7, 11) is 0. The van der Waals surface area contributed by atoms with E-state index >= 15 is 0 Å². The third-order valence-corrected chi connectivity index (χ3v) is 4.25. The monoisotopic (exact) mass is 312 g/mol. The number of ether oxygens (including phenoxy) is 1. The van der Waals surface area contributed by atoms with Crippen molar-refractivity contribution in [3.05, 3.63) is 22.4 Å². The van der Waals surface area contributed by atoms with Gasteiger partial charge in [-0.1, -0.05) is 6.92 Å². The number of carboxylic acid groups (broad SMARTS) is 1. The van der Waals surface area contributed by atoms with Crippen LogP contribution in [0, 0.1) is 5.92 Å². The predicted octanol–water partition coefficient (Wildman–Crippen LogP) is 1.77. The molecule has 0 aliphatic carbocycles. The topological polar surface area (TPSA) is 78.9 Å². The number of carbonyl (C=O) groups is 2. The van der Waals surface area contributed by atoms with Crippen LogP contribution < -0.4 is 5.32 Å². The van der Waals surface area contributed by atoms with Crippen molar-refractivity contribution < 1.29 is 19.4 Å². The highest BCUT2D eigenvalue weighted by molar-refractivity contribution is 7.07. The number of hydrogen-bond acceptors (Lipinski definition) is 4. The normalized spacial score (nSPS) is 21.2. The molecule has 1 aromatic heterocycles. The molecule has 1 aromatic rings. The Morgan fingerprint density at radius 3 is 2.95 bits per heavy atom. The van der Waals surface area contributed by atoms with Crippen molar-refractivity contribution >= 4 is 23.3 Å². The van der Waals surface area contributed by atoms with Crippen molar-refractivity contribution in [1.29, 1.82) is 0 Å². The zero-order valence-electron chi connectivity index (χ0n) is 11.9. The summed E-state index contributed by atoms with van der Waals surface area (Å²) in [5.74, 6) is -1.56. The summed E-state index contributed by atoms with van der Waals surface area (Å²) in [4.78, 5) is 25.2. The third-order valence-electron chi connectivity index (χ3n) is 3.52. The summed E-state index contributed by atoms with van der Waals surface area (Å²) in [6, 6.07) is 1.32. The molecule has 116 valence electrons. The van der Waals surface area contributed by atoms with Gasteiger partial charge in [-0.3, -0.25) is 4.79 Å². The Kier molecular flexibility index (Phi) is 5.58. The Bertz CT molecular complexity index is 477. The number of aliphatic carboxylic acids is 1. The zero-order chi connectivity index (χ0) is 15.2. The van der Waals surface area contributed by atoms with Gasteiger partial charge in [0.15, 0.2) is 0 Å². The number of urea groups is 1. The number of nitrogens with one attached hydrogen (secondary N) is 1. The highest BCUT2D eigenvalue weighted by Crippen LogP contribution is 2.20. The van der Waals surface area contributed by atoms with Gasteiger partial charge in [0.2, 0.25) is 0 Å². The number of carbonyl (C=O) groups excluding carboxylic acids is 1. The fourth-order valence-corrected chi connectivity index (χ4v) is 3.09. The van der Waals surface area contributed by atoms with Gasteiger partial charge in [-0.15, -0.1) is 0 Å². The highest BCUT2D eigenvalue weighted by Gasteiger charge is 2.39. The minimum Gasteiger partial charge on any atom is -0.481 e. The van der Waals surface area contributed by atoms with Crippen LogP contribution in [-0.4, -0.2) is 47.8 Å². The maximum atomic E-state index is 12.4. The van der Waals surface area contributed by atoms with E-state index in [1.165, 1.54) is 0 Å². The van der Waals surface area contributed by atoms with Gasteiger partial charge in [-0.05, 0) is 28.8 Å². The van der Waals surface area contributed by atoms with Crippen LogP contribution in [0.25, 0.3) is 0 Å². The Morgan fingerprint density at radius 1 is 1.52 bits per heavy atom. The molecule has 1 aliphatic heterocycles. The molecule has 21 heavy (non-hydrogen) atoms. The first-order valence-corrected chi connectivity index (χ1v) is 7.93. The highest BCUT2D eigenvalue weighted by atomic mass is 32.1. The molecule has 1 fully saturated rings. The molecule has 7 heteroatoms. The van der Waals surface area contributed by atoms with Gasteiger partial charge >= 0.3 is 12.0 Å². The van der Waals surface area contributed by atoms with Gasteiger partial charge in [-0.2, -0.15) is 11.3 Å². The van der Waals surface area contributed by atoms with Crippen LogP contribution in [-0.2, 0) is 16.1 Å². The van der Waals surface area contributed by atoms with Crippen molar-refractivity contribution in [3.63, 3.8) is 0 Å². The van der Waals surface area contributed by atoms with Crippen molar-refractivity contribution in [2.24, 2.45) is 5.92 Å². The minimum atomic E-state index is -0.913. The minimum absolute atomic E-state index is 0.165. The lowest BCUT2D eigenvalue weighted by Crippen LogP contribution is -2.50. The van der Waals surface area contributed by atoms with Crippen LogP contribution in [0.3, 0.4) is 0 Å². The van der Waals surface area contributed by atoms with E-state index in [-0.39, 0.29) is 19.2 Å². The molecule has 1 saturated heterocycles. The summed E-state index contributed by atoms with van der Waals surface area (Å²) in [6.45, 7) is 3.38. The maximum absolute atomic E-state index is 12.4. The van der Waals surface area contributed by atoms with Crippen LogP contribution in [0.2, 0.25) is 0 Å². The van der Waals surface area contributed by atoms with Gasteiger partial charge < -0.3 is 20.1 Å². The summed E-state index contributed by atoms with van der Waals surface area (Å²) in [5.41, 5.74) is 1.04. The molecule has 6 nitrogen and oxygen atoms in total. The van der Waals surface area contributed by atoms with Crippen molar-refractivity contribution in [2.45, 2.75) is 25.9 Å². The van der Waals surface area contributed by atoms with Gasteiger partial charge in [0.25, 0.3) is 0 Å². The number of carboxylic acids is 1. The SMILES string of the molecule is CCCN(C(=O)NCc1ccsc1)C1COCC1C(=O)O. The molecule has 2 atom stereocenters. The van der Waals surface area contributed by atoms with E-state index < -0.39 is 17.9 Å². The van der Waals surface area contributed by atoms with E-state index in [1.54, 1.807) is 16.2 Å². The molecule has 0 spiro atoms. The van der Waals surface area contributed by atoms with E-state index in [0.29, 0.717) is 13.1 Å². The molecule has 0 bridgehead atoms. The fourth-order valence-electron chi connectivity index (χ4n) is 2.42. The number of nitrogens with zero attached hydrogens (tertiary/aromatic N) is 1. The molecule has 1 aliphatic rings. The first-order chi connectivity index (χ1) is 10.1. The molecular formula is C14H20N2O4S. The van der Waals surface area contributed by atoms with Gasteiger partial charge in [0.1, 0.15) is 5.92 Å². The molecule has 0 saturated carbocycles. The number of rotatable bonds is 6. The van der Waals surface area contributed by atoms with Crippen LogP contribution in [0.5, 0.6) is 0 Å². The second kappa shape index (κ2) is 7.42. The van der Waals surface area contributed by atoms with E-state index in [9.17, 15) is 14.7 Å². The summed E-state index contributed by atoms with van der Waals surface area (Å²) < 4.78 is 5.26. The largest absolute Gasteiger partial charge is 0.481 e. The lowest BCUT2D eigenvalue weighted by molar-refractivity contribution is -0.142. The summed E-state index contributed by atoms with van der Waals surface area (Å²) >= 11 is 1.58. The molecular weight excluding hydrogens is 292 g/mol. The fraction of sp³-hybridized carbons (Fsp3) is 0.571. The number of amides is 2. The molecule has 2 amide bonds. The molecule has 0 aromatic carbocycles. The van der Waals surface area contributed by atoms with Crippen molar-refractivity contribution in [3.8, 4) is 0 Å². The molecule has 0 radical (unpaired) electrons. The molecule has 2 rings (SSSR count). The van der Waals surface area contributed by atoms with E-state index in [4.69, 9.17) is 4.74 Å².